The van der Waals surface area contributed by atoms with Crippen molar-refractivity contribution >= 4 is 41.8 Å². The van der Waals surface area contributed by atoms with E-state index in [1.807, 2.05) is 152 Å². The molecule has 20 heteroatoms. The average molecular weight is 1100 g/mol. The molecule has 0 bridgehead atoms. The molecule has 0 aliphatic carbocycles. The van der Waals surface area contributed by atoms with Gasteiger partial charge in [0.05, 0.1) is 29.7 Å². The van der Waals surface area contributed by atoms with Gasteiger partial charge in [-0.05, 0) is 90.6 Å². The fourth-order valence-electron chi connectivity index (χ4n) is 8.78. The van der Waals surface area contributed by atoms with Gasteiger partial charge < -0.3 is 58.5 Å². The smallest absolute Gasteiger partial charge is 0.351 e. The molecule has 0 radical (unpaired) electrons. The third-order valence-electron chi connectivity index (χ3n) is 12.8. The molecule has 0 aliphatic rings. The first-order valence-electron chi connectivity index (χ1n) is 26.5. The van der Waals surface area contributed by atoms with Crippen molar-refractivity contribution in [1.82, 2.24) is 53.2 Å². The number of urea groups is 5. The molecule has 0 fully saturated rings. The van der Waals surface area contributed by atoms with Crippen LogP contribution in [-0.4, -0.2) is 99.5 Å². The lowest BCUT2D eigenvalue weighted by Crippen LogP contribution is -2.53. The van der Waals surface area contributed by atoms with E-state index >= 15 is 0 Å². The maximum atomic E-state index is 13.8. The lowest BCUT2D eigenvalue weighted by Gasteiger charge is -2.24. The van der Waals surface area contributed by atoms with Gasteiger partial charge in [-0.15, -0.1) is 0 Å². The highest BCUT2D eigenvalue weighted by Crippen LogP contribution is 2.30. The van der Waals surface area contributed by atoms with E-state index in [-0.39, 0.29) is 56.6 Å². The van der Waals surface area contributed by atoms with Gasteiger partial charge in [0.25, 0.3) is 0 Å². The number of nitrogens with one attached hydrogen (secondary N) is 11. The molecular weight excluding hydrogens is 1030 g/mol. The molecule has 5 atom stereocenters. The number of alkyl halides is 3. The Hall–Kier alpha value is -9.07. The second-order valence-corrected chi connectivity index (χ2v) is 19.2. The highest BCUT2D eigenvalue weighted by molar-refractivity contribution is 5.89. The summed E-state index contributed by atoms with van der Waals surface area (Å²) in [6.07, 6.45) is -2.30. The van der Waals surface area contributed by atoms with E-state index in [4.69, 9.17) is 0 Å². The van der Waals surface area contributed by atoms with Crippen molar-refractivity contribution in [3.63, 3.8) is 0 Å². The number of anilines is 1. The minimum Gasteiger partial charge on any atom is -0.351 e. The first-order chi connectivity index (χ1) is 38.6. The lowest BCUT2D eigenvalue weighted by atomic mass is 10.0. The second-order valence-electron chi connectivity index (χ2n) is 19.2. The minimum absolute atomic E-state index is 0.00719. The van der Waals surface area contributed by atoms with Crippen LogP contribution in [0, 0.1) is 0 Å². The first kappa shape index (κ1) is 60.2. The molecule has 0 spiro atoms. The quantitative estimate of drug-likeness (QED) is 0.0248. The van der Waals surface area contributed by atoms with Gasteiger partial charge in [-0.3, -0.25) is 4.79 Å². The molecule has 11 N–H and O–H groups in total. The molecule has 0 heterocycles. The van der Waals surface area contributed by atoms with Crippen molar-refractivity contribution in [1.29, 1.82) is 0 Å². The number of carbonyl (C=O) groups is 6. The van der Waals surface area contributed by atoms with Crippen LogP contribution in [0.5, 0.6) is 0 Å². The van der Waals surface area contributed by atoms with Crippen LogP contribution in [0.4, 0.5) is 42.8 Å². The normalized spacial score (nSPS) is 12.8. The van der Waals surface area contributed by atoms with Gasteiger partial charge in [-0.25, -0.2) is 24.0 Å². The zero-order valence-corrected chi connectivity index (χ0v) is 44.5. The average Bonchev–Trinajstić information content (AvgIpc) is 3.45. The monoisotopic (exact) mass is 1100 g/mol. The summed E-state index contributed by atoms with van der Waals surface area (Å²) in [6, 6.07) is 46.0. The Morgan fingerprint density at radius 3 is 1.01 bits per heavy atom. The predicted octanol–water partition coefficient (Wildman–Crippen LogP) is 7.61. The Labute approximate surface area is 464 Å². The molecule has 0 saturated heterocycles. The fraction of sp³-hybridized carbons (Fsp3) is 0.300. The van der Waals surface area contributed by atoms with Crippen molar-refractivity contribution < 1.29 is 41.9 Å². The highest BCUT2D eigenvalue weighted by atomic mass is 19.4. The van der Waals surface area contributed by atoms with Crippen molar-refractivity contribution in [2.24, 2.45) is 0 Å². The van der Waals surface area contributed by atoms with Crippen molar-refractivity contribution in [3.8, 4) is 0 Å². The number of amides is 11. The second kappa shape index (κ2) is 32.0. The zero-order valence-electron chi connectivity index (χ0n) is 44.5. The van der Waals surface area contributed by atoms with Crippen molar-refractivity contribution in [3.05, 3.63) is 209 Å². The van der Waals surface area contributed by atoms with E-state index in [1.165, 1.54) is 7.05 Å². The molecule has 422 valence electrons. The summed E-state index contributed by atoms with van der Waals surface area (Å²) in [5, 5.41) is 31.3. The minimum atomic E-state index is -4.53. The number of halogens is 3. The third-order valence-corrected chi connectivity index (χ3v) is 12.8. The van der Waals surface area contributed by atoms with Gasteiger partial charge in [-0.2, -0.15) is 13.2 Å². The molecule has 0 unspecified atom stereocenters. The van der Waals surface area contributed by atoms with Gasteiger partial charge in [0.2, 0.25) is 5.91 Å². The Balaban J connectivity index is 1.06. The fourth-order valence-corrected chi connectivity index (χ4v) is 8.78. The number of benzene rings is 6. The number of hydrogen-bond donors (Lipinski definition) is 11. The molecule has 0 aliphatic heterocycles. The van der Waals surface area contributed by atoms with Crippen LogP contribution in [0.15, 0.2) is 176 Å². The van der Waals surface area contributed by atoms with E-state index in [1.54, 1.807) is 0 Å². The third kappa shape index (κ3) is 22.9. The van der Waals surface area contributed by atoms with Crippen LogP contribution >= 0.6 is 0 Å². The van der Waals surface area contributed by atoms with Gasteiger partial charge in [0, 0.05) is 51.4 Å². The van der Waals surface area contributed by atoms with E-state index in [2.05, 4.69) is 58.5 Å². The number of carbonyl (C=O) groups excluding carboxylic acids is 6. The summed E-state index contributed by atoms with van der Waals surface area (Å²) in [6.45, 7) is 0.241. The number of hydrogen-bond acceptors (Lipinski definition) is 6. The van der Waals surface area contributed by atoms with Gasteiger partial charge in [0.1, 0.15) is 0 Å². The van der Waals surface area contributed by atoms with Crippen LogP contribution in [-0.2, 0) is 43.1 Å². The highest BCUT2D eigenvalue weighted by Gasteiger charge is 2.30. The van der Waals surface area contributed by atoms with Crippen LogP contribution in [0.2, 0.25) is 0 Å². The molecule has 0 saturated carbocycles. The summed E-state index contributed by atoms with van der Waals surface area (Å²) in [5.41, 5.74) is 3.89. The molecule has 17 nitrogen and oxygen atoms in total. The predicted molar refractivity (Wildman–Crippen MR) is 303 cm³/mol. The zero-order chi connectivity index (χ0) is 57.0. The van der Waals surface area contributed by atoms with Crippen LogP contribution in [0.25, 0.3) is 0 Å². The van der Waals surface area contributed by atoms with Crippen molar-refractivity contribution in [2.45, 2.75) is 81.3 Å². The summed E-state index contributed by atoms with van der Waals surface area (Å²) in [5.74, 6) is -0.288. The molecule has 0 aromatic heterocycles. The summed E-state index contributed by atoms with van der Waals surface area (Å²) in [4.78, 5) is 79.7. The van der Waals surface area contributed by atoms with E-state index in [0.717, 1.165) is 52.1 Å². The van der Waals surface area contributed by atoms with Gasteiger partial charge in [0.15, 0.2) is 0 Å². The van der Waals surface area contributed by atoms with E-state index in [9.17, 15) is 41.9 Å². The molecular formula is C60H70F3N11O6. The Morgan fingerprint density at radius 2 is 0.675 bits per heavy atom. The van der Waals surface area contributed by atoms with Crippen LogP contribution < -0.4 is 58.5 Å². The lowest BCUT2D eigenvalue weighted by molar-refractivity contribution is -0.137. The molecule has 6 rings (SSSR count). The number of rotatable bonds is 27. The van der Waals surface area contributed by atoms with Gasteiger partial charge >= 0.3 is 36.3 Å². The van der Waals surface area contributed by atoms with Crippen LogP contribution in [0.3, 0.4) is 0 Å². The van der Waals surface area contributed by atoms with E-state index < -0.39 is 66.1 Å². The Bertz CT molecular complexity index is 2840. The molecule has 6 aromatic carbocycles. The Morgan fingerprint density at radius 1 is 0.375 bits per heavy atom. The standard InChI is InChI=1S/C60H70F3N11O6/c1-64-55(76)65-39-51(35-44-21-11-4-12-22-44)72-57(78)66-38-50(34-43-19-9-3-10-20-43)69-54(75)32-31-49(33-42-17-7-2-8-18-42)71-56(77)67-40-52(36-45-23-13-5-14-24-45)73-58(79)68-41-53(37-46-25-15-6-16-26-46)74-59(80)70-48-29-27-47(28-30-48)60(61,62)63/h2-30,49-53H,31-41H2,1H3,(H,69,75)(H2,64,65,76)(H2,66,72,78)(H2,67,71,77)(H2,68,73,79)(H2,70,74,80)/t49-,50-,51-,52-,53-/m0/s1. The van der Waals surface area contributed by atoms with Crippen LogP contribution in [0.1, 0.15) is 46.2 Å². The Kier molecular flexibility index (Phi) is 24.1. The molecule has 11 amide bonds. The SMILES string of the molecule is CNC(=O)NC[C@H](Cc1ccccc1)NC(=O)NC[C@H](Cc1ccccc1)NC(=O)CC[C@@H](Cc1ccccc1)NC(=O)NC[C@H](Cc1ccccc1)NC(=O)NC[C@H](Cc1ccccc1)NC(=O)Nc1ccc(C(F)(F)F)cc1. The van der Waals surface area contributed by atoms with Gasteiger partial charge in [-0.1, -0.05) is 152 Å². The van der Waals surface area contributed by atoms with E-state index in [0.29, 0.717) is 32.1 Å². The summed E-state index contributed by atoms with van der Waals surface area (Å²) < 4.78 is 39.4. The maximum absolute atomic E-state index is 13.8. The van der Waals surface area contributed by atoms with Crippen molar-refractivity contribution in [2.75, 3.05) is 38.5 Å². The summed E-state index contributed by atoms with van der Waals surface area (Å²) in [7, 11) is 1.51. The largest absolute Gasteiger partial charge is 0.416 e. The summed E-state index contributed by atoms with van der Waals surface area (Å²) >= 11 is 0. The molecule has 6 aromatic rings. The first-order valence-corrected chi connectivity index (χ1v) is 26.5. The topological polar surface area (TPSA) is 235 Å². The maximum Gasteiger partial charge on any atom is 0.416 e. The molecule has 80 heavy (non-hydrogen) atoms.